The SMILES string of the molecule is O=C(O)CCN(CCc1ccc2c(c1)CCO2)C1CC1. The summed E-state index contributed by atoms with van der Waals surface area (Å²) in [6.45, 7) is 2.43. The van der Waals surface area contributed by atoms with Gasteiger partial charge < -0.3 is 9.84 Å². The highest BCUT2D eigenvalue weighted by Gasteiger charge is 2.28. The van der Waals surface area contributed by atoms with E-state index in [9.17, 15) is 4.79 Å². The normalized spacial score (nSPS) is 17.1. The zero-order valence-electron chi connectivity index (χ0n) is 11.7. The second-order valence-corrected chi connectivity index (χ2v) is 5.70. The van der Waals surface area contributed by atoms with Crippen LogP contribution in [0.3, 0.4) is 0 Å². The molecule has 2 aliphatic rings. The number of hydrogen-bond donors (Lipinski definition) is 1. The number of hydrogen-bond acceptors (Lipinski definition) is 3. The molecule has 0 unspecified atom stereocenters. The predicted octanol–water partition coefficient (Wildman–Crippen LogP) is 2.10. The Morgan fingerprint density at radius 2 is 2.20 bits per heavy atom. The van der Waals surface area contributed by atoms with Crippen molar-refractivity contribution in [2.75, 3.05) is 19.7 Å². The molecule has 4 nitrogen and oxygen atoms in total. The molecule has 1 N–H and O–H groups in total. The number of carboxylic acid groups (broad SMARTS) is 1. The number of fused-ring (bicyclic) bond motifs is 1. The molecule has 1 heterocycles. The van der Waals surface area contributed by atoms with Crippen molar-refractivity contribution in [2.45, 2.75) is 38.1 Å². The Morgan fingerprint density at radius 1 is 1.35 bits per heavy atom. The van der Waals surface area contributed by atoms with Crippen molar-refractivity contribution < 1.29 is 14.6 Å². The van der Waals surface area contributed by atoms with Crippen molar-refractivity contribution in [3.63, 3.8) is 0 Å². The number of benzene rings is 1. The van der Waals surface area contributed by atoms with Gasteiger partial charge in [0.05, 0.1) is 13.0 Å². The number of nitrogens with zero attached hydrogens (tertiary/aromatic N) is 1. The Hall–Kier alpha value is -1.55. The molecule has 0 bridgehead atoms. The van der Waals surface area contributed by atoms with Gasteiger partial charge in [0.25, 0.3) is 0 Å². The quantitative estimate of drug-likeness (QED) is 0.828. The van der Waals surface area contributed by atoms with E-state index in [0.717, 1.165) is 31.7 Å². The van der Waals surface area contributed by atoms with Gasteiger partial charge in [0.15, 0.2) is 0 Å². The number of rotatable bonds is 7. The maximum Gasteiger partial charge on any atom is 0.304 e. The van der Waals surface area contributed by atoms with Crippen LogP contribution in [-0.2, 0) is 17.6 Å². The van der Waals surface area contributed by atoms with Crippen LogP contribution in [0, 0.1) is 0 Å². The summed E-state index contributed by atoms with van der Waals surface area (Å²) >= 11 is 0. The summed E-state index contributed by atoms with van der Waals surface area (Å²) in [6.07, 6.45) is 4.68. The van der Waals surface area contributed by atoms with E-state index in [1.54, 1.807) is 0 Å². The fourth-order valence-corrected chi connectivity index (χ4v) is 2.82. The molecule has 0 spiro atoms. The highest BCUT2D eigenvalue weighted by molar-refractivity contribution is 5.66. The number of aliphatic carboxylic acids is 1. The summed E-state index contributed by atoms with van der Waals surface area (Å²) in [6, 6.07) is 7.06. The minimum absolute atomic E-state index is 0.245. The lowest BCUT2D eigenvalue weighted by atomic mass is 10.1. The first-order chi connectivity index (χ1) is 9.72. The molecule has 0 atom stereocenters. The molecule has 1 aromatic rings. The van der Waals surface area contributed by atoms with E-state index in [4.69, 9.17) is 9.84 Å². The average molecular weight is 275 g/mol. The van der Waals surface area contributed by atoms with Crippen LogP contribution in [0.2, 0.25) is 0 Å². The van der Waals surface area contributed by atoms with E-state index in [0.29, 0.717) is 12.6 Å². The second kappa shape index (κ2) is 5.83. The summed E-state index contributed by atoms with van der Waals surface area (Å²) in [4.78, 5) is 13.0. The summed E-state index contributed by atoms with van der Waals surface area (Å²) in [7, 11) is 0. The van der Waals surface area contributed by atoms with Crippen molar-refractivity contribution in [1.82, 2.24) is 4.90 Å². The molecular formula is C16H21NO3. The third-order valence-corrected chi connectivity index (χ3v) is 4.12. The molecule has 1 saturated carbocycles. The third kappa shape index (κ3) is 3.31. The largest absolute Gasteiger partial charge is 0.493 e. The highest BCUT2D eigenvalue weighted by atomic mass is 16.5. The topological polar surface area (TPSA) is 49.8 Å². The van der Waals surface area contributed by atoms with Crippen molar-refractivity contribution in [2.24, 2.45) is 0 Å². The summed E-state index contributed by atoms with van der Waals surface area (Å²) in [5.41, 5.74) is 2.64. The Labute approximate surface area is 119 Å². The van der Waals surface area contributed by atoms with Crippen LogP contribution >= 0.6 is 0 Å². The monoisotopic (exact) mass is 275 g/mol. The van der Waals surface area contributed by atoms with Crippen LogP contribution in [0.1, 0.15) is 30.4 Å². The molecule has 1 aliphatic carbocycles. The zero-order chi connectivity index (χ0) is 13.9. The Kier molecular flexibility index (Phi) is 3.92. The first-order valence-corrected chi connectivity index (χ1v) is 7.43. The second-order valence-electron chi connectivity index (χ2n) is 5.70. The van der Waals surface area contributed by atoms with Crippen LogP contribution in [0.5, 0.6) is 5.75 Å². The fourth-order valence-electron chi connectivity index (χ4n) is 2.82. The smallest absolute Gasteiger partial charge is 0.304 e. The van der Waals surface area contributed by atoms with Crippen LogP contribution in [0.4, 0.5) is 0 Å². The van der Waals surface area contributed by atoms with Gasteiger partial charge in [-0.25, -0.2) is 0 Å². The van der Waals surface area contributed by atoms with E-state index in [-0.39, 0.29) is 6.42 Å². The van der Waals surface area contributed by atoms with Crippen LogP contribution in [0.25, 0.3) is 0 Å². The maximum atomic E-state index is 10.7. The Morgan fingerprint density at radius 3 is 2.95 bits per heavy atom. The van der Waals surface area contributed by atoms with Crippen LogP contribution in [-0.4, -0.2) is 41.7 Å². The van der Waals surface area contributed by atoms with Crippen molar-refractivity contribution in [3.8, 4) is 5.75 Å². The lowest BCUT2D eigenvalue weighted by Crippen LogP contribution is -2.30. The molecule has 3 rings (SSSR count). The molecule has 0 aromatic heterocycles. The van der Waals surface area contributed by atoms with Crippen LogP contribution < -0.4 is 4.74 Å². The maximum absolute atomic E-state index is 10.7. The molecule has 4 heteroatoms. The van der Waals surface area contributed by atoms with Gasteiger partial charge in [-0.3, -0.25) is 9.69 Å². The zero-order valence-corrected chi connectivity index (χ0v) is 11.7. The molecule has 108 valence electrons. The summed E-state index contributed by atoms with van der Waals surface area (Å²) in [5, 5.41) is 8.82. The Balaban J connectivity index is 1.55. The van der Waals surface area contributed by atoms with Gasteiger partial charge in [-0.2, -0.15) is 0 Å². The van der Waals surface area contributed by atoms with E-state index >= 15 is 0 Å². The van der Waals surface area contributed by atoms with Gasteiger partial charge in [0.1, 0.15) is 5.75 Å². The van der Waals surface area contributed by atoms with E-state index in [1.165, 1.54) is 24.0 Å². The number of carboxylic acids is 1. The summed E-state index contributed by atoms with van der Waals surface area (Å²) in [5.74, 6) is 0.323. The van der Waals surface area contributed by atoms with Crippen molar-refractivity contribution >= 4 is 5.97 Å². The fraction of sp³-hybridized carbons (Fsp3) is 0.562. The lowest BCUT2D eigenvalue weighted by molar-refractivity contribution is -0.137. The first-order valence-electron chi connectivity index (χ1n) is 7.43. The van der Waals surface area contributed by atoms with E-state index in [1.807, 2.05) is 0 Å². The third-order valence-electron chi connectivity index (χ3n) is 4.12. The number of carbonyl (C=O) groups is 1. The molecule has 1 fully saturated rings. The van der Waals surface area contributed by atoms with Gasteiger partial charge >= 0.3 is 5.97 Å². The van der Waals surface area contributed by atoms with Gasteiger partial charge in [-0.15, -0.1) is 0 Å². The standard InChI is InChI=1S/C16H21NO3/c18-16(19)6-9-17(14-2-3-14)8-5-12-1-4-15-13(11-12)7-10-20-15/h1,4,11,14H,2-3,5-10H2,(H,18,19). The van der Waals surface area contributed by atoms with Gasteiger partial charge in [0, 0.05) is 25.6 Å². The lowest BCUT2D eigenvalue weighted by Gasteiger charge is -2.21. The molecule has 1 aliphatic heterocycles. The Bertz CT molecular complexity index is 496. The van der Waals surface area contributed by atoms with Crippen molar-refractivity contribution in [1.29, 1.82) is 0 Å². The number of ether oxygens (including phenoxy) is 1. The van der Waals surface area contributed by atoms with E-state index < -0.39 is 5.97 Å². The minimum atomic E-state index is -0.703. The molecule has 20 heavy (non-hydrogen) atoms. The van der Waals surface area contributed by atoms with Gasteiger partial charge in [-0.05, 0) is 36.5 Å². The molecule has 0 saturated heterocycles. The van der Waals surface area contributed by atoms with Crippen molar-refractivity contribution in [3.05, 3.63) is 29.3 Å². The van der Waals surface area contributed by atoms with Crippen LogP contribution in [0.15, 0.2) is 18.2 Å². The molecule has 1 aromatic carbocycles. The van der Waals surface area contributed by atoms with E-state index in [2.05, 4.69) is 23.1 Å². The summed E-state index contributed by atoms with van der Waals surface area (Å²) < 4.78 is 5.52. The predicted molar refractivity (Wildman–Crippen MR) is 76.2 cm³/mol. The molecule has 0 radical (unpaired) electrons. The highest BCUT2D eigenvalue weighted by Crippen LogP contribution is 2.28. The molecule has 0 amide bonds. The van der Waals surface area contributed by atoms with Gasteiger partial charge in [0.2, 0.25) is 0 Å². The first kappa shape index (κ1) is 13.4. The minimum Gasteiger partial charge on any atom is -0.493 e. The molecular weight excluding hydrogens is 254 g/mol. The average Bonchev–Trinajstić information content (AvgIpc) is 3.16. The van der Waals surface area contributed by atoms with Gasteiger partial charge in [-0.1, -0.05) is 12.1 Å².